The van der Waals surface area contributed by atoms with Crippen LogP contribution in [-0.4, -0.2) is 93.0 Å². The molecule has 0 spiro atoms. The van der Waals surface area contributed by atoms with Gasteiger partial charge in [-0.25, -0.2) is 23.8 Å². The lowest BCUT2D eigenvalue weighted by Crippen LogP contribution is -2.49. The summed E-state index contributed by atoms with van der Waals surface area (Å²) in [4.78, 5) is 35.3. The smallest absolute Gasteiger partial charge is 0.323 e. The van der Waals surface area contributed by atoms with E-state index in [9.17, 15) is 4.79 Å². The van der Waals surface area contributed by atoms with Gasteiger partial charge >= 0.3 is 6.03 Å². The van der Waals surface area contributed by atoms with Gasteiger partial charge in [0.25, 0.3) is 5.97 Å². The number of piperazine rings is 1. The minimum absolute atomic E-state index is 0.0364. The number of anilines is 3. The molecule has 13 nitrogen and oxygen atoms in total. The predicted molar refractivity (Wildman–Crippen MR) is 174 cm³/mol. The lowest BCUT2D eigenvalue weighted by Gasteiger charge is -2.41. The van der Waals surface area contributed by atoms with Crippen molar-refractivity contribution in [3.8, 4) is 17.0 Å². The molecular formula is C32H40FN9O4. The molecule has 0 bridgehead atoms. The van der Waals surface area contributed by atoms with Crippen LogP contribution < -0.4 is 21.1 Å². The highest BCUT2D eigenvalue weighted by Gasteiger charge is 2.30. The number of fused-ring (bicyclic) bond motifs is 1. The molecule has 2 fully saturated rings. The zero-order chi connectivity index (χ0) is 32.8. The Labute approximate surface area is 266 Å². The molecule has 4 aromatic rings. The van der Waals surface area contributed by atoms with Crippen molar-refractivity contribution in [2.75, 3.05) is 56.7 Å². The Bertz CT molecular complexity index is 1680. The fraction of sp³-hybridized carbons (Fsp3) is 0.406. The lowest BCUT2D eigenvalue weighted by atomic mass is 9.90. The number of carboxylic acid groups (broad SMARTS) is 1. The Morgan fingerprint density at radius 1 is 1.00 bits per heavy atom. The number of carbonyl (C=O) groups excluding carboxylic acids is 1. The fourth-order valence-corrected chi connectivity index (χ4v) is 6.06. The Morgan fingerprint density at radius 3 is 2.37 bits per heavy atom. The quantitative estimate of drug-likeness (QED) is 0.234. The highest BCUT2D eigenvalue weighted by molar-refractivity contribution is 6.01. The second-order valence-electron chi connectivity index (χ2n) is 11.6. The largest absolute Gasteiger partial charge is 0.497 e. The third-order valence-electron chi connectivity index (χ3n) is 8.40. The minimum atomic E-state index is -0.833. The molecule has 1 aliphatic heterocycles. The van der Waals surface area contributed by atoms with Crippen LogP contribution in [0.4, 0.5) is 26.4 Å². The summed E-state index contributed by atoms with van der Waals surface area (Å²) in [6, 6.07) is 11.7. The molecule has 6 rings (SSSR count). The second-order valence-corrected chi connectivity index (χ2v) is 11.6. The maximum absolute atomic E-state index is 15.3. The van der Waals surface area contributed by atoms with E-state index >= 15 is 4.39 Å². The van der Waals surface area contributed by atoms with Crippen molar-refractivity contribution in [2.24, 2.45) is 0 Å². The summed E-state index contributed by atoms with van der Waals surface area (Å²) in [6.45, 7) is 5.54. The summed E-state index contributed by atoms with van der Waals surface area (Å²) >= 11 is 0. The van der Waals surface area contributed by atoms with Crippen molar-refractivity contribution < 1.29 is 23.8 Å². The number of carboxylic acids is 1. The Morgan fingerprint density at radius 2 is 1.70 bits per heavy atom. The first-order valence-electron chi connectivity index (χ1n) is 15.3. The van der Waals surface area contributed by atoms with Gasteiger partial charge in [-0.1, -0.05) is 12.1 Å². The summed E-state index contributed by atoms with van der Waals surface area (Å²) in [5, 5.41) is 18.2. The van der Waals surface area contributed by atoms with Gasteiger partial charge in [-0.2, -0.15) is 5.10 Å². The number of hydrogen-bond donors (Lipinski definition) is 4. The summed E-state index contributed by atoms with van der Waals surface area (Å²) in [5.74, 6) is -0.534. The lowest BCUT2D eigenvalue weighted by molar-refractivity contribution is -0.134. The molecule has 14 heteroatoms. The molecule has 2 aromatic heterocycles. The van der Waals surface area contributed by atoms with E-state index in [0.717, 1.165) is 58.8 Å². The number of aromatic nitrogens is 4. The third kappa shape index (κ3) is 7.69. The number of halogens is 1. The van der Waals surface area contributed by atoms with Gasteiger partial charge in [-0.15, -0.1) is 0 Å². The van der Waals surface area contributed by atoms with E-state index in [4.69, 9.17) is 25.5 Å². The Hall–Kier alpha value is -4.82. The standard InChI is InChI=1S/C30H36FN9O2.C2H4O2/c1-38-12-14-39(15-13-38)21-7-9-22(10-8-21)40-29-26(28(32)33-18-34-29)27(37-40)19-6-11-25(24(31)16-19)36-30(41)35-20-4-3-5-23(17-20)42-2;1-2(3)4/h3-6,11,16-18,21-22H,7-10,12-15H2,1-2H3,(H2,32,33,34)(H2,35,36,41);1H3,(H,3,4). The summed E-state index contributed by atoms with van der Waals surface area (Å²) in [7, 11) is 3.72. The minimum Gasteiger partial charge on any atom is -0.497 e. The molecule has 2 amide bonds. The maximum atomic E-state index is 15.3. The number of benzene rings is 2. The average molecular weight is 634 g/mol. The predicted octanol–water partition coefficient (Wildman–Crippen LogP) is 4.69. The van der Waals surface area contributed by atoms with Crippen molar-refractivity contribution in [3.05, 3.63) is 54.6 Å². The van der Waals surface area contributed by atoms with E-state index in [-0.39, 0.29) is 11.7 Å². The van der Waals surface area contributed by atoms with Crippen LogP contribution >= 0.6 is 0 Å². The van der Waals surface area contributed by atoms with Crippen molar-refractivity contribution >= 4 is 40.2 Å². The van der Waals surface area contributed by atoms with Gasteiger partial charge in [0, 0.05) is 56.5 Å². The fourth-order valence-electron chi connectivity index (χ4n) is 6.06. The molecule has 1 aliphatic carbocycles. The summed E-state index contributed by atoms with van der Waals surface area (Å²) in [6.07, 6.45) is 5.61. The van der Waals surface area contributed by atoms with Gasteiger partial charge in [0.2, 0.25) is 0 Å². The van der Waals surface area contributed by atoms with Crippen LogP contribution in [0.3, 0.4) is 0 Å². The van der Waals surface area contributed by atoms with Crippen LogP contribution in [0.2, 0.25) is 0 Å². The van der Waals surface area contributed by atoms with Crippen LogP contribution in [0.25, 0.3) is 22.3 Å². The van der Waals surface area contributed by atoms with Gasteiger partial charge in [-0.05, 0) is 57.0 Å². The van der Waals surface area contributed by atoms with E-state index in [0.29, 0.717) is 45.6 Å². The van der Waals surface area contributed by atoms with Crippen LogP contribution in [0.5, 0.6) is 5.75 Å². The van der Waals surface area contributed by atoms with Gasteiger partial charge < -0.3 is 31.1 Å². The number of carbonyl (C=O) groups is 2. The monoisotopic (exact) mass is 633 g/mol. The molecule has 2 aromatic carbocycles. The molecular weight excluding hydrogens is 593 g/mol. The van der Waals surface area contributed by atoms with Gasteiger partial charge in [0.05, 0.1) is 24.2 Å². The number of nitrogen functional groups attached to an aromatic ring is 1. The van der Waals surface area contributed by atoms with Crippen LogP contribution in [0, 0.1) is 5.82 Å². The number of rotatable bonds is 6. The van der Waals surface area contributed by atoms with Crippen LogP contribution in [0.15, 0.2) is 48.8 Å². The topological polar surface area (TPSA) is 164 Å². The first-order valence-corrected chi connectivity index (χ1v) is 15.3. The SMILES string of the molecule is CC(=O)O.COc1cccc(NC(=O)Nc2ccc(-c3nn(C4CCC(N5CCN(C)CC5)CC4)c4ncnc(N)c34)cc2F)c1. The highest BCUT2D eigenvalue weighted by Crippen LogP contribution is 2.37. The molecule has 0 atom stereocenters. The number of ether oxygens (including phenoxy) is 1. The molecule has 2 aliphatic rings. The summed E-state index contributed by atoms with van der Waals surface area (Å²) < 4.78 is 22.4. The van der Waals surface area contributed by atoms with Crippen molar-refractivity contribution in [2.45, 2.75) is 44.7 Å². The zero-order valence-corrected chi connectivity index (χ0v) is 26.2. The second kappa shape index (κ2) is 14.5. The molecule has 1 saturated heterocycles. The summed E-state index contributed by atoms with van der Waals surface area (Å²) in [5.41, 5.74) is 8.58. The van der Waals surface area contributed by atoms with Crippen LogP contribution in [-0.2, 0) is 4.79 Å². The number of nitrogens with one attached hydrogen (secondary N) is 2. The van der Waals surface area contributed by atoms with Gasteiger partial charge in [0.1, 0.15) is 29.4 Å². The van der Waals surface area contributed by atoms with E-state index in [1.807, 2.05) is 4.68 Å². The molecule has 1 saturated carbocycles. The molecule has 0 radical (unpaired) electrons. The number of hydrogen-bond acceptors (Lipinski definition) is 9. The molecule has 5 N–H and O–H groups in total. The first kappa shape index (κ1) is 32.6. The third-order valence-corrected chi connectivity index (χ3v) is 8.40. The van der Waals surface area contributed by atoms with E-state index in [2.05, 4.69) is 37.4 Å². The Kier molecular flexibility index (Phi) is 10.3. The first-order chi connectivity index (χ1) is 22.1. The van der Waals surface area contributed by atoms with Crippen molar-refractivity contribution in [3.63, 3.8) is 0 Å². The van der Waals surface area contributed by atoms with Gasteiger partial charge in [0.15, 0.2) is 5.65 Å². The number of amides is 2. The van der Waals surface area contributed by atoms with Crippen molar-refractivity contribution in [1.82, 2.24) is 29.5 Å². The molecule has 3 heterocycles. The number of nitrogens with two attached hydrogens (primary N) is 1. The van der Waals surface area contributed by atoms with E-state index in [1.165, 1.54) is 18.5 Å². The Balaban J connectivity index is 0.000000985. The molecule has 0 unspecified atom stereocenters. The number of aliphatic carboxylic acids is 1. The van der Waals surface area contributed by atoms with Crippen LogP contribution in [0.1, 0.15) is 38.6 Å². The van der Waals surface area contributed by atoms with Gasteiger partial charge in [-0.3, -0.25) is 9.69 Å². The average Bonchev–Trinajstić information content (AvgIpc) is 3.43. The van der Waals surface area contributed by atoms with E-state index < -0.39 is 17.8 Å². The van der Waals surface area contributed by atoms with E-state index in [1.54, 1.807) is 37.4 Å². The maximum Gasteiger partial charge on any atom is 0.323 e. The number of methoxy groups -OCH3 is 1. The molecule has 244 valence electrons. The molecule has 46 heavy (non-hydrogen) atoms. The highest BCUT2D eigenvalue weighted by atomic mass is 19.1. The zero-order valence-electron chi connectivity index (χ0n) is 26.2. The van der Waals surface area contributed by atoms with Crippen molar-refractivity contribution in [1.29, 1.82) is 0 Å². The number of likely N-dealkylation sites (N-methyl/N-ethyl adjacent to an activating group) is 1. The normalized spacial score (nSPS) is 18.8. The number of urea groups is 1. The number of nitrogens with zero attached hydrogens (tertiary/aromatic N) is 6.